The SMILES string of the molecule is COC(=O)c1csc(N)c1N. The number of nitrogens with two attached hydrogens (primary N) is 2. The van der Waals surface area contributed by atoms with Gasteiger partial charge in [0, 0.05) is 5.38 Å². The highest BCUT2D eigenvalue weighted by atomic mass is 32.1. The summed E-state index contributed by atoms with van der Waals surface area (Å²) in [6.07, 6.45) is 0. The smallest absolute Gasteiger partial charge is 0.340 e. The number of esters is 1. The van der Waals surface area contributed by atoms with E-state index < -0.39 is 5.97 Å². The van der Waals surface area contributed by atoms with E-state index in [-0.39, 0.29) is 0 Å². The van der Waals surface area contributed by atoms with Crippen molar-refractivity contribution in [2.45, 2.75) is 0 Å². The van der Waals surface area contributed by atoms with E-state index >= 15 is 0 Å². The van der Waals surface area contributed by atoms with Gasteiger partial charge in [-0.25, -0.2) is 4.79 Å². The minimum atomic E-state index is -0.449. The zero-order valence-corrected chi connectivity index (χ0v) is 6.77. The summed E-state index contributed by atoms with van der Waals surface area (Å²) in [5, 5.41) is 2.03. The van der Waals surface area contributed by atoms with E-state index in [0.717, 1.165) is 0 Å². The third-order valence-electron chi connectivity index (χ3n) is 1.26. The first-order valence-corrected chi connectivity index (χ1v) is 3.75. The first kappa shape index (κ1) is 7.87. The molecule has 0 amide bonds. The molecule has 60 valence electrons. The fourth-order valence-electron chi connectivity index (χ4n) is 0.650. The number of carbonyl (C=O) groups excluding carboxylic acids is 1. The number of nitrogen functional groups attached to an aromatic ring is 2. The maximum Gasteiger partial charge on any atom is 0.340 e. The normalized spacial score (nSPS) is 9.55. The second-order valence-electron chi connectivity index (χ2n) is 1.92. The predicted molar refractivity (Wildman–Crippen MR) is 44.5 cm³/mol. The largest absolute Gasteiger partial charge is 0.465 e. The van der Waals surface area contributed by atoms with Gasteiger partial charge < -0.3 is 16.2 Å². The van der Waals surface area contributed by atoms with E-state index in [4.69, 9.17) is 11.5 Å². The Hall–Kier alpha value is -1.23. The molecule has 0 aromatic carbocycles. The number of rotatable bonds is 1. The summed E-state index contributed by atoms with van der Waals surface area (Å²) in [5.41, 5.74) is 11.5. The van der Waals surface area contributed by atoms with Gasteiger partial charge in [0.25, 0.3) is 0 Å². The first-order chi connectivity index (χ1) is 5.16. The Bertz CT molecular complexity index is 282. The molecule has 4 nitrogen and oxygen atoms in total. The van der Waals surface area contributed by atoms with Crippen molar-refractivity contribution in [1.29, 1.82) is 0 Å². The van der Waals surface area contributed by atoms with Crippen LogP contribution >= 0.6 is 11.3 Å². The minimum absolute atomic E-state index is 0.307. The molecule has 1 aromatic heterocycles. The highest BCUT2D eigenvalue weighted by molar-refractivity contribution is 7.15. The van der Waals surface area contributed by atoms with Crippen molar-refractivity contribution in [2.75, 3.05) is 18.6 Å². The lowest BCUT2D eigenvalue weighted by Gasteiger charge is -1.96. The van der Waals surface area contributed by atoms with Crippen LogP contribution < -0.4 is 11.5 Å². The maximum absolute atomic E-state index is 10.9. The standard InChI is InChI=1S/C6H8N2O2S/c1-10-6(9)3-2-11-5(8)4(3)7/h2H,7-8H2,1H3. The van der Waals surface area contributed by atoms with Gasteiger partial charge in [-0.15, -0.1) is 11.3 Å². The number of anilines is 2. The zero-order chi connectivity index (χ0) is 8.43. The summed E-state index contributed by atoms with van der Waals surface area (Å²) in [4.78, 5) is 10.9. The van der Waals surface area contributed by atoms with Crippen molar-refractivity contribution in [3.05, 3.63) is 10.9 Å². The van der Waals surface area contributed by atoms with Crippen LogP contribution in [-0.2, 0) is 4.74 Å². The van der Waals surface area contributed by atoms with Crippen LogP contribution in [0.3, 0.4) is 0 Å². The Labute approximate surface area is 67.8 Å². The van der Waals surface area contributed by atoms with E-state index in [2.05, 4.69) is 4.74 Å². The molecule has 0 atom stereocenters. The summed E-state index contributed by atoms with van der Waals surface area (Å²) in [5.74, 6) is -0.449. The van der Waals surface area contributed by atoms with Crippen molar-refractivity contribution < 1.29 is 9.53 Å². The van der Waals surface area contributed by atoms with Crippen molar-refractivity contribution in [3.63, 3.8) is 0 Å². The molecule has 4 N–H and O–H groups in total. The number of hydrogen-bond acceptors (Lipinski definition) is 5. The fraction of sp³-hybridized carbons (Fsp3) is 0.167. The molecule has 0 saturated carbocycles. The average molecular weight is 172 g/mol. The van der Waals surface area contributed by atoms with Gasteiger partial charge in [0.2, 0.25) is 0 Å². The van der Waals surface area contributed by atoms with Gasteiger partial charge in [0.1, 0.15) is 5.00 Å². The van der Waals surface area contributed by atoms with Crippen molar-refractivity contribution in [2.24, 2.45) is 0 Å². The Balaban J connectivity index is 3.04. The number of hydrogen-bond donors (Lipinski definition) is 2. The third kappa shape index (κ3) is 1.27. The van der Waals surface area contributed by atoms with Crippen LogP contribution in [-0.4, -0.2) is 13.1 Å². The number of carbonyl (C=O) groups is 1. The van der Waals surface area contributed by atoms with Crippen LogP contribution in [0.4, 0.5) is 10.7 Å². The molecule has 0 saturated heterocycles. The molecule has 1 heterocycles. The van der Waals surface area contributed by atoms with Crippen LogP contribution in [0.25, 0.3) is 0 Å². The van der Waals surface area contributed by atoms with Gasteiger partial charge in [-0.1, -0.05) is 0 Å². The van der Waals surface area contributed by atoms with E-state index in [0.29, 0.717) is 16.3 Å². The maximum atomic E-state index is 10.9. The number of methoxy groups -OCH3 is 1. The molecule has 0 fully saturated rings. The quantitative estimate of drug-likeness (QED) is 0.611. The third-order valence-corrected chi connectivity index (χ3v) is 2.09. The molecule has 0 aliphatic carbocycles. The van der Waals surface area contributed by atoms with Gasteiger partial charge in [-0.3, -0.25) is 0 Å². The van der Waals surface area contributed by atoms with Gasteiger partial charge >= 0.3 is 5.97 Å². The number of ether oxygens (including phenoxy) is 1. The predicted octanol–water partition coefficient (Wildman–Crippen LogP) is 0.699. The van der Waals surface area contributed by atoms with Gasteiger partial charge in [0.05, 0.1) is 18.4 Å². The number of thiophene rings is 1. The van der Waals surface area contributed by atoms with Gasteiger partial charge in [-0.05, 0) is 0 Å². The molecule has 0 aliphatic heterocycles. The van der Waals surface area contributed by atoms with Crippen molar-refractivity contribution in [3.8, 4) is 0 Å². The lowest BCUT2D eigenvalue weighted by Crippen LogP contribution is -2.03. The van der Waals surface area contributed by atoms with Crippen LogP contribution in [0.2, 0.25) is 0 Å². The summed E-state index contributed by atoms with van der Waals surface area (Å²) in [7, 11) is 1.30. The molecule has 1 aromatic rings. The highest BCUT2D eigenvalue weighted by Crippen LogP contribution is 2.27. The molecular weight excluding hydrogens is 164 g/mol. The average Bonchev–Trinajstić information content (AvgIpc) is 2.32. The molecule has 0 bridgehead atoms. The second kappa shape index (κ2) is 2.79. The second-order valence-corrected chi connectivity index (χ2v) is 2.83. The summed E-state index contributed by atoms with van der Waals surface area (Å²) in [6, 6.07) is 0. The molecule has 0 spiro atoms. The topological polar surface area (TPSA) is 78.3 Å². The van der Waals surface area contributed by atoms with Crippen LogP contribution in [0.1, 0.15) is 10.4 Å². The first-order valence-electron chi connectivity index (χ1n) is 2.87. The summed E-state index contributed by atoms with van der Waals surface area (Å²) < 4.78 is 4.46. The van der Waals surface area contributed by atoms with E-state index in [9.17, 15) is 4.79 Å². The lowest BCUT2D eigenvalue weighted by molar-refractivity contribution is 0.0602. The van der Waals surface area contributed by atoms with Crippen molar-refractivity contribution >= 4 is 28.0 Å². The van der Waals surface area contributed by atoms with E-state index in [1.165, 1.54) is 18.4 Å². The van der Waals surface area contributed by atoms with E-state index in [1.54, 1.807) is 5.38 Å². The Kier molecular flexibility index (Phi) is 2.00. The molecule has 0 aliphatic rings. The monoisotopic (exact) mass is 172 g/mol. The molecule has 5 heteroatoms. The molecule has 1 rings (SSSR count). The van der Waals surface area contributed by atoms with Crippen LogP contribution in [0.15, 0.2) is 5.38 Å². The minimum Gasteiger partial charge on any atom is -0.465 e. The van der Waals surface area contributed by atoms with Crippen LogP contribution in [0, 0.1) is 0 Å². The highest BCUT2D eigenvalue weighted by Gasteiger charge is 2.13. The summed E-state index contributed by atoms with van der Waals surface area (Å²) in [6.45, 7) is 0. The Morgan fingerprint density at radius 3 is 2.64 bits per heavy atom. The Morgan fingerprint density at radius 2 is 2.27 bits per heavy atom. The van der Waals surface area contributed by atoms with Crippen LogP contribution in [0.5, 0.6) is 0 Å². The molecule has 11 heavy (non-hydrogen) atoms. The van der Waals surface area contributed by atoms with Gasteiger partial charge in [0.15, 0.2) is 0 Å². The fourth-order valence-corrected chi connectivity index (χ4v) is 1.36. The lowest BCUT2D eigenvalue weighted by atomic mass is 10.3. The molecule has 0 radical (unpaired) electrons. The Morgan fingerprint density at radius 1 is 1.64 bits per heavy atom. The molecular formula is C6H8N2O2S. The van der Waals surface area contributed by atoms with Crippen molar-refractivity contribution in [1.82, 2.24) is 0 Å². The van der Waals surface area contributed by atoms with E-state index in [1.807, 2.05) is 0 Å². The molecule has 0 unspecified atom stereocenters. The zero-order valence-electron chi connectivity index (χ0n) is 5.96. The summed E-state index contributed by atoms with van der Waals surface area (Å²) >= 11 is 1.23. The van der Waals surface area contributed by atoms with Gasteiger partial charge in [-0.2, -0.15) is 0 Å².